The second-order valence-electron chi connectivity index (χ2n) is 4.69. The zero-order chi connectivity index (χ0) is 13.7. The Morgan fingerprint density at radius 1 is 1.44 bits per heavy atom. The molecule has 2 N–H and O–H groups in total. The van der Waals surface area contributed by atoms with Crippen LogP contribution in [0.5, 0.6) is 5.75 Å². The van der Waals surface area contributed by atoms with E-state index in [-0.39, 0.29) is 17.6 Å². The van der Waals surface area contributed by atoms with Crippen LogP contribution >= 0.6 is 11.6 Å². The van der Waals surface area contributed by atoms with Crippen LogP contribution in [-0.2, 0) is 11.2 Å². The molecule has 3 nitrogen and oxygen atoms in total. The van der Waals surface area contributed by atoms with Gasteiger partial charge in [0.2, 0.25) is 0 Å². The summed E-state index contributed by atoms with van der Waals surface area (Å²) >= 11 is 5.94. The van der Waals surface area contributed by atoms with Gasteiger partial charge in [0.15, 0.2) is 0 Å². The molecule has 0 aliphatic carbocycles. The number of hydrogen-bond donors (Lipinski definition) is 1. The fourth-order valence-electron chi connectivity index (χ4n) is 1.98. The van der Waals surface area contributed by atoms with Crippen molar-refractivity contribution in [3.05, 3.63) is 28.8 Å². The third-order valence-electron chi connectivity index (χ3n) is 3.08. The normalized spacial score (nSPS) is 12.6. The average Bonchev–Trinajstić information content (AvgIpc) is 2.29. The van der Waals surface area contributed by atoms with E-state index in [0.29, 0.717) is 23.7 Å². The maximum Gasteiger partial charge on any atom is 0.141 e. The highest BCUT2D eigenvalue weighted by atomic mass is 35.5. The largest absolute Gasteiger partial charge is 0.496 e. The molecule has 0 fully saturated rings. The van der Waals surface area contributed by atoms with Crippen molar-refractivity contribution >= 4 is 17.4 Å². The van der Waals surface area contributed by atoms with Crippen LogP contribution in [0.4, 0.5) is 0 Å². The molecule has 1 aromatic carbocycles. The van der Waals surface area contributed by atoms with Crippen LogP contribution < -0.4 is 10.5 Å². The minimum absolute atomic E-state index is 0.117. The van der Waals surface area contributed by atoms with Crippen LogP contribution in [-0.4, -0.2) is 19.4 Å². The third kappa shape index (κ3) is 3.72. The molecule has 0 bridgehead atoms. The molecule has 1 rings (SSSR count). The molecule has 18 heavy (non-hydrogen) atoms. The van der Waals surface area contributed by atoms with Crippen molar-refractivity contribution in [3.63, 3.8) is 0 Å². The summed E-state index contributed by atoms with van der Waals surface area (Å²) in [7, 11) is 1.58. The van der Waals surface area contributed by atoms with E-state index < -0.39 is 0 Å². The maximum atomic E-state index is 12.2. The number of carbonyl (C=O) groups excluding carboxylic acids is 1. The van der Waals surface area contributed by atoms with Gasteiger partial charge >= 0.3 is 0 Å². The zero-order valence-corrected chi connectivity index (χ0v) is 11.8. The van der Waals surface area contributed by atoms with Gasteiger partial charge in [-0.15, -0.1) is 0 Å². The number of ether oxygens (including phenoxy) is 1. The lowest BCUT2D eigenvalue weighted by molar-refractivity contribution is -0.123. The first-order valence-electron chi connectivity index (χ1n) is 6.04. The van der Waals surface area contributed by atoms with E-state index in [0.717, 1.165) is 5.56 Å². The Kier molecular flexibility index (Phi) is 5.63. The summed E-state index contributed by atoms with van der Waals surface area (Å²) in [5.41, 5.74) is 6.46. The van der Waals surface area contributed by atoms with Gasteiger partial charge in [-0.3, -0.25) is 4.79 Å². The van der Waals surface area contributed by atoms with Crippen LogP contribution in [0.1, 0.15) is 19.4 Å². The lowest BCUT2D eigenvalue weighted by Crippen LogP contribution is -2.29. The second kappa shape index (κ2) is 6.76. The molecular formula is C14H20ClNO2. The molecule has 0 amide bonds. The molecule has 1 unspecified atom stereocenters. The first-order valence-corrected chi connectivity index (χ1v) is 6.42. The molecule has 0 aromatic heterocycles. The Morgan fingerprint density at radius 3 is 2.61 bits per heavy atom. The van der Waals surface area contributed by atoms with Crippen molar-refractivity contribution in [2.24, 2.45) is 17.6 Å². The molecule has 4 heteroatoms. The van der Waals surface area contributed by atoms with Crippen molar-refractivity contribution in [1.29, 1.82) is 0 Å². The summed E-state index contributed by atoms with van der Waals surface area (Å²) in [5, 5.41) is 0.604. The zero-order valence-electron chi connectivity index (χ0n) is 11.1. The van der Waals surface area contributed by atoms with Crippen molar-refractivity contribution in [2.75, 3.05) is 13.7 Å². The van der Waals surface area contributed by atoms with Gasteiger partial charge in [0.05, 0.1) is 7.11 Å². The Hall–Kier alpha value is -1.06. The number of benzene rings is 1. The Labute approximate surface area is 113 Å². The minimum Gasteiger partial charge on any atom is -0.496 e. The minimum atomic E-state index is -0.117. The molecule has 0 heterocycles. The van der Waals surface area contributed by atoms with E-state index >= 15 is 0 Å². The van der Waals surface area contributed by atoms with E-state index in [1.165, 1.54) is 0 Å². The number of nitrogens with two attached hydrogens (primary N) is 1. The van der Waals surface area contributed by atoms with Crippen molar-refractivity contribution in [2.45, 2.75) is 20.3 Å². The number of Topliss-reactive ketones (excluding diaryl/α,β-unsaturated/α-hetero) is 1. The van der Waals surface area contributed by atoms with Crippen molar-refractivity contribution < 1.29 is 9.53 Å². The molecular weight excluding hydrogens is 250 g/mol. The highest BCUT2D eigenvalue weighted by Gasteiger charge is 2.21. The molecule has 1 atom stereocenters. The van der Waals surface area contributed by atoms with Crippen LogP contribution in [0.25, 0.3) is 0 Å². The summed E-state index contributed by atoms with van der Waals surface area (Å²) in [5.74, 6) is 0.946. The van der Waals surface area contributed by atoms with Crippen molar-refractivity contribution in [1.82, 2.24) is 0 Å². The first kappa shape index (κ1) is 15.0. The lowest BCUT2D eigenvalue weighted by atomic mass is 9.88. The van der Waals surface area contributed by atoms with Gasteiger partial charge < -0.3 is 10.5 Å². The van der Waals surface area contributed by atoms with E-state index in [2.05, 4.69) is 0 Å². The Balaban J connectivity index is 2.89. The fourth-order valence-corrected chi connectivity index (χ4v) is 2.17. The van der Waals surface area contributed by atoms with Gasteiger partial charge in [0.1, 0.15) is 11.5 Å². The second-order valence-corrected chi connectivity index (χ2v) is 5.12. The molecule has 0 aliphatic rings. The van der Waals surface area contributed by atoms with E-state index in [9.17, 15) is 4.79 Å². The van der Waals surface area contributed by atoms with E-state index in [4.69, 9.17) is 22.1 Å². The SMILES string of the molecule is COc1ccc(Cl)cc1CC(=O)C(CN)C(C)C. The summed E-state index contributed by atoms with van der Waals surface area (Å²) in [6.07, 6.45) is 0.309. The summed E-state index contributed by atoms with van der Waals surface area (Å²) in [6, 6.07) is 5.29. The summed E-state index contributed by atoms with van der Waals surface area (Å²) in [4.78, 5) is 12.2. The first-order chi connectivity index (χ1) is 8.49. The van der Waals surface area contributed by atoms with E-state index in [1.807, 2.05) is 13.8 Å². The lowest BCUT2D eigenvalue weighted by Gasteiger charge is -2.18. The van der Waals surface area contributed by atoms with Crippen LogP contribution in [0.15, 0.2) is 18.2 Å². The van der Waals surface area contributed by atoms with Crippen LogP contribution in [0.3, 0.4) is 0 Å². The number of methoxy groups -OCH3 is 1. The molecule has 0 radical (unpaired) electrons. The summed E-state index contributed by atoms with van der Waals surface area (Å²) < 4.78 is 5.23. The predicted molar refractivity (Wildman–Crippen MR) is 74.1 cm³/mol. The van der Waals surface area contributed by atoms with Crippen LogP contribution in [0.2, 0.25) is 5.02 Å². The fraction of sp³-hybridized carbons (Fsp3) is 0.500. The van der Waals surface area contributed by atoms with Gasteiger partial charge in [-0.2, -0.15) is 0 Å². The topological polar surface area (TPSA) is 52.3 Å². The molecule has 0 saturated carbocycles. The van der Waals surface area contributed by atoms with Crippen molar-refractivity contribution in [3.8, 4) is 5.75 Å². The third-order valence-corrected chi connectivity index (χ3v) is 3.31. The quantitative estimate of drug-likeness (QED) is 0.864. The molecule has 100 valence electrons. The Morgan fingerprint density at radius 2 is 2.11 bits per heavy atom. The molecule has 0 saturated heterocycles. The standard InChI is InChI=1S/C14H20ClNO2/c1-9(2)12(8-16)13(17)7-10-6-11(15)4-5-14(10)18-3/h4-6,9,12H,7-8,16H2,1-3H3. The number of rotatable bonds is 6. The smallest absolute Gasteiger partial charge is 0.141 e. The molecule has 1 aromatic rings. The number of ketones is 1. The van der Waals surface area contributed by atoms with Gasteiger partial charge in [0, 0.05) is 29.5 Å². The van der Waals surface area contributed by atoms with Crippen LogP contribution in [0, 0.1) is 11.8 Å². The summed E-state index contributed by atoms with van der Waals surface area (Å²) in [6.45, 7) is 4.38. The van der Waals surface area contributed by atoms with Gasteiger partial charge in [-0.1, -0.05) is 25.4 Å². The van der Waals surface area contributed by atoms with E-state index in [1.54, 1.807) is 25.3 Å². The molecule has 0 spiro atoms. The predicted octanol–water partition coefficient (Wildman–Crippen LogP) is 2.69. The number of hydrogen-bond acceptors (Lipinski definition) is 3. The monoisotopic (exact) mass is 269 g/mol. The Bertz CT molecular complexity index is 418. The average molecular weight is 270 g/mol. The number of carbonyl (C=O) groups is 1. The number of halogens is 1. The highest BCUT2D eigenvalue weighted by Crippen LogP contribution is 2.25. The molecule has 0 aliphatic heterocycles. The maximum absolute atomic E-state index is 12.2. The van der Waals surface area contributed by atoms with Gasteiger partial charge in [-0.25, -0.2) is 0 Å². The van der Waals surface area contributed by atoms with Gasteiger partial charge in [-0.05, 0) is 24.1 Å². The highest BCUT2D eigenvalue weighted by molar-refractivity contribution is 6.30. The van der Waals surface area contributed by atoms with Gasteiger partial charge in [0.25, 0.3) is 0 Å².